The number of unbranched alkanes of at least 4 members (excludes halogenated alkanes) is 9. The first kappa shape index (κ1) is 18.8. The minimum Gasteiger partial charge on any atom is -0.497 e. The third-order valence-electron chi connectivity index (χ3n) is 4.88. The number of nitrogens with zero attached hydrogens (tertiary/aromatic N) is 2. The first-order valence-electron chi connectivity index (χ1n) is 9.77. The summed E-state index contributed by atoms with van der Waals surface area (Å²) in [4.78, 5) is 4.67. The average molecular weight is 331 g/mol. The Morgan fingerprint density at radius 3 is 2.17 bits per heavy atom. The summed E-state index contributed by atoms with van der Waals surface area (Å²) in [7, 11) is 1.70. The van der Waals surface area contributed by atoms with E-state index < -0.39 is 0 Å². The van der Waals surface area contributed by atoms with Gasteiger partial charge in [-0.2, -0.15) is 0 Å². The van der Waals surface area contributed by atoms with Crippen LogP contribution in [0, 0.1) is 6.92 Å². The van der Waals surface area contributed by atoms with Gasteiger partial charge in [-0.15, -0.1) is 0 Å². The molecule has 0 bridgehead atoms. The van der Waals surface area contributed by atoms with Crippen molar-refractivity contribution in [3.05, 3.63) is 24.0 Å². The molecule has 0 amide bonds. The molecule has 0 unspecified atom stereocenters. The normalized spacial score (nSPS) is 11.3. The van der Waals surface area contributed by atoms with Gasteiger partial charge in [-0.1, -0.05) is 64.7 Å². The molecule has 0 saturated carbocycles. The monoisotopic (exact) mass is 330 g/mol. The van der Waals surface area contributed by atoms with Gasteiger partial charge in [0.1, 0.15) is 11.6 Å². The number of aromatic nitrogens is 2. The first-order chi connectivity index (χ1) is 11.8. The fourth-order valence-corrected chi connectivity index (χ4v) is 3.40. The standard InChI is InChI=1S/C21H34N2O/c1-4-5-6-7-8-9-10-11-12-13-16-23-18(2)22-20-17-19(24-3)14-15-21(20)23/h14-15,17H,4-13,16H2,1-3H3. The number of fused-ring (bicyclic) bond motifs is 1. The molecule has 0 spiro atoms. The summed E-state index contributed by atoms with van der Waals surface area (Å²) >= 11 is 0. The van der Waals surface area contributed by atoms with E-state index in [4.69, 9.17) is 4.74 Å². The highest BCUT2D eigenvalue weighted by Crippen LogP contribution is 2.22. The maximum absolute atomic E-state index is 5.29. The molecule has 2 rings (SSSR count). The van der Waals surface area contributed by atoms with Crippen LogP contribution in [0.3, 0.4) is 0 Å². The summed E-state index contributed by atoms with van der Waals surface area (Å²) < 4.78 is 7.64. The van der Waals surface area contributed by atoms with Crippen LogP contribution < -0.4 is 4.74 Å². The molecular formula is C21H34N2O. The van der Waals surface area contributed by atoms with Crippen LogP contribution in [0.4, 0.5) is 0 Å². The summed E-state index contributed by atoms with van der Waals surface area (Å²) in [6, 6.07) is 6.18. The maximum Gasteiger partial charge on any atom is 0.121 e. The number of rotatable bonds is 12. The van der Waals surface area contributed by atoms with Crippen LogP contribution in [0.1, 0.15) is 77.0 Å². The van der Waals surface area contributed by atoms with Crippen LogP contribution in [0.2, 0.25) is 0 Å². The van der Waals surface area contributed by atoms with Crippen molar-refractivity contribution in [1.82, 2.24) is 9.55 Å². The lowest BCUT2D eigenvalue weighted by molar-refractivity contribution is 0.415. The number of aryl methyl sites for hydroxylation is 2. The molecule has 0 aliphatic rings. The van der Waals surface area contributed by atoms with Crippen molar-refractivity contribution in [1.29, 1.82) is 0 Å². The Kier molecular flexibility index (Phi) is 8.14. The van der Waals surface area contributed by atoms with E-state index in [0.29, 0.717) is 0 Å². The summed E-state index contributed by atoms with van der Waals surface area (Å²) in [5.74, 6) is 1.99. The zero-order valence-electron chi connectivity index (χ0n) is 15.8. The number of hydrogen-bond acceptors (Lipinski definition) is 2. The lowest BCUT2D eigenvalue weighted by atomic mass is 10.1. The number of methoxy groups -OCH3 is 1. The van der Waals surface area contributed by atoms with Crippen LogP contribution in [0.25, 0.3) is 11.0 Å². The molecule has 0 N–H and O–H groups in total. The number of hydrogen-bond donors (Lipinski definition) is 0. The third kappa shape index (κ3) is 5.54. The van der Waals surface area contributed by atoms with E-state index in [1.165, 1.54) is 69.7 Å². The molecule has 3 heteroatoms. The Bertz CT molecular complexity index is 603. The predicted molar refractivity (Wildman–Crippen MR) is 103 cm³/mol. The average Bonchev–Trinajstić information content (AvgIpc) is 2.91. The Morgan fingerprint density at radius 1 is 0.917 bits per heavy atom. The van der Waals surface area contributed by atoms with Crippen molar-refractivity contribution in [3.63, 3.8) is 0 Å². The number of ether oxygens (including phenoxy) is 1. The van der Waals surface area contributed by atoms with Gasteiger partial charge in [0.2, 0.25) is 0 Å². The molecule has 24 heavy (non-hydrogen) atoms. The second-order valence-corrected chi connectivity index (χ2v) is 6.85. The van der Waals surface area contributed by atoms with Gasteiger partial charge in [0, 0.05) is 12.6 Å². The van der Waals surface area contributed by atoms with Gasteiger partial charge in [-0.3, -0.25) is 0 Å². The molecule has 2 aromatic rings. The Balaban J connectivity index is 1.67. The molecule has 3 nitrogen and oxygen atoms in total. The van der Waals surface area contributed by atoms with Crippen LogP contribution in [-0.2, 0) is 6.54 Å². The minimum atomic E-state index is 0.881. The second-order valence-electron chi connectivity index (χ2n) is 6.85. The second kappa shape index (κ2) is 10.4. The molecular weight excluding hydrogens is 296 g/mol. The van der Waals surface area contributed by atoms with E-state index >= 15 is 0 Å². The van der Waals surface area contributed by atoms with Gasteiger partial charge in [0.15, 0.2) is 0 Å². The highest BCUT2D eigenvalue weighted by atomic mass is 16.5. The molecule has 1 heterocycles. The highest BCUT2D eigenvalue weighted by molar-refractivity contribution is 5.77. The fraction of sp³-hybridized carbons (Fsp3) is 0.667. The van der Waals surface area contributed by atoms with Crippen LogP contribution >= 0.6 is 0 Å². The fourth-order valence-electron chi connectivity index (χ4n) is 3.40. The molecule has 0 aliphatic heterocycles. The van der Waals surface area contributed by atoms with Crippen LogP contribution in [0.15, 0.2) is 18.2 Å². The molecule has 1 aromatic heterocycles. The molecule has 134 valence electrons. The van der Waals surface area contributed by atoms with Crippen molar-refractivity contribution in [2.75, 3.05) is 7.11 Å². The minimum absolute atomic E-state index is 0.881. The van der Waals surface area contributed by atoms with Gasteiger partial charge >= 0.3 is 0 Å². The summed E-state index contributed by atoms with van der Waals surface area (Å²) in [6.07, 6.45) is 13.8. The zero-order valence-corrected chi connectivity index (χ0v) is 15.8. The SMILES string of the molecule is CCCCCCCCCCCCn1c(C)nc2cc(OC)ccc21. The Morgan fingerprint density at radius 2 is 1.54 bits per heavy atom. The van der Waals surface area contributed by atoms with Crippen molar-refractivity contribution < 1.29 is 4.74 Å². The van der Waals surface area contributed by atoms with Crippen molar-refractivity contribution in [2.24, 2.45) is 0 Å². The number of imidazole rings is 1. The summed E-state index contributed by atoms with van der Waals surface area (Å²) in [6.45, 7) is 5.45. The summed E-state index contributed by atoms with van der Waals surface area (Å²) in [5, 5.41) is 0. The van der Waals surface area contributed by atoms with E-state index in [-0.39, 0.29) is 0 Å². The third-order valence-corrected chi connectivity index (χ3v) is 4.88. The molecule has 0 atom stereocenters. The molecule has 1 aromatic carbocycles. The van der Waals surface area contributed by atoms with E-state index in [0.717, 1.165) is 23.6 Å². The van der Waals surface area contributed by atoms with Gasteiger partial charge in [-0.05, 0) is 25.5 Å². The summed E-state index contributed by atoms with van der Waals surface area (Å²) in [5.41, 5.74) is 2.27. The van der Waals surface area contributed by atoms with E-state index in [2.05, 4.69) is 29.5 Å². The predicted octanol–water partition coefficient (Wildman–Crippen LogP) is 6.27. The Hall–Kier alpha value is -1.51. The van der Waals surface area contributed by atoms with E-state index in [1.54, 1.807) is 7.11 Å². The lowest BCUT2D eigenvalue weighted by Crippen LogP contribution is -2.00. The van der Waals surface area contributed by atoms with Gasteiger partial charge < -0.3 is 9.30 Å². The van der Waals surface area contributed by atoms with Crippen LogP contribution in [-0.4, -0.2) is 16.7 Å². The first-order valence-corrected chi connectivity index (χ1v) is 9.77. The van der Waals surface area contributed by atoms with Crippen molar-refractivity contribution in [2.45, 2.75) is 84.6 Å². The molecule has 0 fully saturated rings. The largest absolute Gasteiger partial charge is 0.497 e. The molecule has 0 aliphatic carbocycles. The van der Waals surface area contributed by atoms with Gasteiger partial charge in [0.05, 0.1) is 18.1 Å². The van der Waals surface area contributed by atoms with E-state index in [9.17, 15) is 0 Å². The zero-order chi connectivity index (χ0) is 17.2. The van der Waals surface area contributed by atoms with Crippen molar-refractivity contribution in [3.8, 4) is 5.75 Å². The highest BCUT2D eigenvalue weighted by Gasteiger charge is 2.07. The topological polar surface area (TPSA) is 27.1 Å². The van der Waals surface area contributed by atoms with Crippen molar-refractivity contribution >= 4 is 11.0 Å². The van der Waals surface area contributed by atoms with Gasteiger partial charge in [0.25, 0.3) is 0 Å². The lowest BCUT2D eigenvalue weighted by Gasteiger charge is -2.07. The Labute approximate surface area is 147 Å². The van der Waals surface area contributed by atoms with Crippen LogP contribution in [0.5, 0.6) is 5.75 Å². The van der Waals surface area contributed by atoms with E-state index in [1.807, 2.05) is 12.1 Å². The number of benzene rings is 1. The smallest absolute Gasteiger partial charge is 0.121 e. The quantitative estimate of drug-likeness (QED) is 0.429. The molecule has 0 radical (unpaired) electrons. The maximum atomic E-state index is 5.29. The van der Waals surface area contributed by atoms with Gasteiger partial charge in [-0.25, -0.2) is 4.98 Å². The molecule has 0 saturated heterocycles.